The summed E-state index contributed by atoms with van der Waals surface area (Å²) in [6.07, 6.45) is 3.90. The summed E-state index contributed by atoms with van der Waals surface area (Å²) in [6, 6.07) is 15.5. The number of para-hydroxylation sites is 2. The second-order valence-electron chi connectivity index (χ2n) is 6.61. The van der Waals surface area contributed by atoms with Crippen LogP contribution in [0.1, 0.15) is 30.4 Å². The molecule has 1 aliphatic rings. The van der Waals surface area contributed by atoms with Gasteiger partial charge < -0.3 is 15.4 Å². The molecule has 0 unspecified atom stereocenters. The van der Waals surface area contributed by atoms with E-state index in [-0.39, 0.29) is 6.03 Å². The highest BCUT2D eigenvalue weighted by atomic mass is 16.5. The number of carbonyl (C=O) groups is 1. The first-order valence-corrected chi connectivity index (χ1v) is 9.23. The lowest BCUT2D eigenvalue weighted by Crippen LogP contribution is -2.31. The van der Waals surface area contributed by atoms with Crippen LogP contribution >= 0.6 is 0 Å². The van der Waals surface area contributed by atoms with E-state index in [2.05, 4.69) is 33.7 Å². The minimum absolute atomic E-state index is 0.234. The molecule has 5 nitrogen and oxygen atoms in total. The lowest BCUT2D eigenvalue weighted by atomic mass is 10.0. The van der Waals surface area contributed by atoms with Gasteiger partial charge in [0.2, 0.25) is 0 Å². The van der Waals surface area contributed by atoms with Crippen LogP contribution in [0.3, 0.4) is 0 Å². The highest BCUT2D eigenvalue weighted by Gasteiger charge is 2.13. The molecular formula is C21H27N3O2. The molecule has 0 bridgehead atoms. The lowest BCUT2D eigenvalue weighted by molar-refractivity contribution is 0.220. The first-order valence-electron chi connectivity index (χ1n) is 9.23. The van der Waals surface area contributed by atoms with Crippen molar-refractivity contribution < 1.29 is 9.53 Å². The Morgan fingerprint density at radius 1 is 1.00 bits per heavy atom. The molecule has 1 heterocycles. The SMILES string of the molecule is COc1ccccc1NC(=O)NCc1ccccc1CN1CCCCC1. The van der Waals surface area contributed by atoms with E-state index in [4.69, 9.17) is 4.74 Å². The number of nitrogens with one attached hydrogen (secondary N) is 2. The zero-order valence-corrected chi connectivity index (χ0v) is 15.3. The van der Waals surface area contributed by atoms with Crippen molar-refractivity contribution >= 4 is 11.7 Å². The summed E-state index contributed by atoms with van der Waals surface area (Å²) in [5, 5.41) is 5.80. The standard InChI is InChI=1S/C21H27N3O2/c1-26-20-12-6-5-11-19(20)23-21(25)22-15-17-9-3-4-10-18(17)16-24-13-7-2-8-14-24/h3-6,9-12H,2,7-8,13-16H2,1H3,(H2,22,23,25). The second-order valence-corrected chi connectivity index (χ2v) is 6.61. The number of hydrogen-bond donors (Lipinski definition) is 2. The Labute approximate surface area is 155 Å². The van der Waals surface area contributed by atoms with Crippen LogP contribution < -0.4 is 15.4 Å². The molecule has 5 heteroatoms. The van der Waals surface area contributed by atoms with Gasteiger partial charge in [-0.2, -0.15) is 0 Å². The van der Waals surface area contributed by atoms with Gasteiger partial charge in [0.15, 0.2) is 0 Å². The number of amides is 2. The molecule has 1 fully saturated rings. The molecule has 1 saturated heterocycles. The maximum atomic E-state index is 12.3. The third kappa shape index (κ3) is 4.99. The van der Waals surface area contributed by atoms with E-state index in [1.807, 2.05) is 30.3 Å². The minimum Gasteiger partial charge on any atom is -0.495 e. The molecule has 0 atom stereocenters. The number of piperidine rings is 1. The van der Waals surface area contributed by atoms with Crippen molar-refractivity contribution in [2.45, 2.75) is 32.4 Å². The van der Waals surface area contributed by atoms with Crippen molar-refractivity contribution in [3.8, 4) is 5.75 Å². The number of methoxy groups -OCH3 is 1. The predicted molar refractivity (Wildman–Crippen MR) is 104 cm³/mol. The number of ether oxygens (including phenoxy) is 1. The van der Waals surface area contributed by atoms with Crippen molar-refractivity contribution in [3.63, 3.8) is 0 Å². The van der Waals surface area contributed by atoms with Crippen LogP contribution in [0.5, 0.6) is 5.75 Å². The maximum absolute atomic E-state index is 12.3. The fourth-order valence-electron chi connectivity index (χ4n) is 3.33. The molecule has 0 saturated carbocycles. The van der Waals surface area contributed by atoms with Crippen LogP contribution in [0, 0.1) is 0 Å². The van der Waals surface area contributed by atoms with E-state index in [0.717, 1.165) is 25.2 Å². The number of urea groups is 1. The summed E-state index contributed by atoms with van der Waals surface area (Å²) < 4.78 is 5.26. The number of carbonyl (C=O) groups excluding carboxylic acids is 1. The quantitative estimate of drug-likeness (QED) is 0.825. The number of rotatable bonds is 6. The van der Waals surface area contributed by atoms with Crippen LogP contribution in [0.15, 0.2) is 48.5 Å². The van der Waals surface area contributed by atoms with Gasteiger partial charge in [0.1, 0.15) is 5.75 Å². The van der Waals surface area contributed by atoms with E-state index in [0.29, 0.717) is 18.0 Å². The van der Waals surface area contributed by atoms with Crippen LogP contribution in [0.2, 0.25) is 0 Å². The Bertz CT molecular complexity index is 727. The molecule has 0 radical (unpaired) electrons. The summed E-state index contributed by atoms with van der Waals surface area (Å²) >= 11 is 0. The second kappa shape index (κ2) is 9.25. The largest absolute Gasteiger partial charge is 0.495 e. The fraction of sp³-hybridized carbons (Fsp3) is 0.381. The molecule has 26 heavy (non-hydrogen) atoms. The van der Waals surface area contributed by atoms with Gasteiger partial charge >= 0.3 is 6.03 Å². The van der Waals surface area contributed by atoms with E-state index >= 15 is 0 Å². The Hall–Kier alpha value is -2.53. The summed E-state index contributed by atoms with van der Waals surface area (Å²) in [7, 11) is 1.59. The molecule has 138 valence electrons. The maximum Gasteiger partial charge on any atom is 0.319 e. The van der Waals surface area contributed by atoms with Gasteiger partial charge in [-0.05, 0) is 49.2 Å². The van der Waals surface area contributed by atoms with E-state index < -0.39 is 0 Å². The number of hydrogen-bond acceptors (Lipinski definition) is 3. The summed E-state index contributed by atoms with van der Waals surface area (Å²) in [5.74, 6) is 0.646. The first-order chi connectivity index (χ1) is 12.8. The molecule has 3 rings (SSSR count). The van der Waals surface area contributed by atoms with E-state index in [1.165, 1.54) is 24.8 Å². The first kappa shape index (κ1) is 18.3. The molecule has 2 aromatic rings. The third-order valence-electron chi connectivity index (χ3n) is 4.76. The highest BCUT2D eigenvalue weighted by Crippen LogP contribution is 2.23. The Kier molecular flexibility index (Phi) is 6.50. The summed E-state index contributed by atoms with van der Waals surface area (Å²) in [4.78, 5) is 14.8. The van der Waals surface area contributed by atoms with Crippen molar-refractivity contribution in [1.82, 2.24) is 10.2 Å². The zero-order chi connectivity index (χ0) is 18.2. The molecule has 2 amide bonds. The van der Waals surface area contributed by atoms with Gasteiger partial charge in [-0.1, -0.05) is 42.8 Å². The van der Waals surface area contributed by atoms with Crippen molar-refractivity contribution in [3.05, 3.63) is 59.7 Å². The number of likely N-dealkylation sites (tertiary alicyclic amines) is 1. The van der Waals surface area contributed by atoms with Crippen molar-refractivity contribution in [2.24, 2.45) is 0 Å². The highest BCUT2D eigenvalue weighted by molar-refractivity contribution is 5.90. The number of nitrogens with zero attached hydrogens (tertiary/aromatic N) is 1. The van der Waals surface area contributed by atoms with Gasteiger partial charge in [-0.15, -0.1) is 0 Å². The van der Waals surface area contributed by atoms with Crippen LogP contribution in [-0.2, 0) is 13.1 Å². The van der Waals surface area contributed by atoms with Gasteiger partial charge in [0.05, 0.1) is 12.8 Å². The van der Waals surface area contributed by atoms with Crippen molar-refractivity contribution in [1.29, 1.82) is 0 Å². The van der Waals surface area contributed by atoms with Crippen LogP contribution in [0.25, 0.3) is 0 Å². The molecule has 1 aliphatic heterocycles. The Morgan fingerprint density at radius 2 is 1.69 bits per heavy atom. The molecule has 2 aromatic carbocycles. The average Bonchev–Trinajstić information content (AvgIpc) is 2.68. The molecular weight excluding hydrogens is 326 g/mol. The molecule has 2 N–H and O–H groups in total. The lowest BCUT2D eigenvalue weighted by Gasteiger charge is -2.27. The third-order valence-corrected chi connectivity index (χ3v) is 4.76. The molecule has 0 spiro atoms. The average molecular weight is 353 g/mol. The van der Waals surface area contributed by atoms with Gasteiger partial charge in [0.25, 0.3) is 0 Å². The van der Waals surface area contributed by atoms with Crippen LogP contribution in [0.4, 0.5) is 10.5 Å². The van der Waals surface area contributed by atoms with E-state index in [9.17, 15) is 4.79 Å². The normalized spacial score (nSPS) is 14.7. The minimum atomic E-state index is -0.234. The predicted octanol–water partition coefficient (Wildman–Crippen LogP) is 4.00. The molecule has 0 aliphatic carbocycles. The summed E-state index contributed by atoms with van der Waals surface area (Å²) in [5.41, 5.74) is 3.11. The Morgan fingerprint density at radius 3 is 2.46 bits per heavy atom. The summed E-state index contributed by atoms with van der Waals surface area (Å²) in [6.45, 7) is 3.78. The number of benzene rings is 2. The van der Waals surface area contributed by atoms with Crippen molar-refractivity contribution in [2.75, 3.05) is 25.5 Å². The smallest absolute Gasteiger partial charge is 0.319 e. The van der Waals surface area contributed by atoms with Gasteiger partial charge in [-0.25, -0.2) is 4.79 Å². The monoisotopic (exact) mass is 353 g/mol. The fourth-order valence-corrected chi connectivity index (χ4v) is 3.33. The van der Waals surface area contributed by atoms with Crippen LogP contribution in [-0.4, -0.2) is 31.1 Å². The zero-order valence-electron chi connectivity index (χ0n) is 15.3. The molecule has 0 aromatic heterocycles. The van der Waals surface area contributed by atoms with Gasteiger partial charge in [-0.3, -0.25) is 4.90 Å². The topological polar surface area (TPSA) is 53.6 Å². The van der Waals surface area contributed by atoms with Gasteiger partial charge in [0, 0.05) is 13.1 Å². The Balaban J connectivity index is 1.58. The van der Waals surface area contributed by atoms with E-state index in [1.54, 1.807) is 7.11 Å². The number of anilines is 1.